The van der Waals surface area contributed by atoms with Crippen molar-refractivity contribution in [2.75, 3.05) is 5.75 Å². The molecule has 1 rings (SSSR count). The van der Waals surface area contributed by atoms with Crippen molar-refractivity contribution < 1.29 is 8.42 Å². The van der Waals surface area contributed by atoms with Gasteiger partial charge in [0.2, 0.25) is 0 Å². The lowest BCUT2D eigenvalue weighted by atomic mass is 10.2. The molecule has 0 N–H and O–H groups in total. The van der Waals surface area contributed by atoms with Crippen LogP contribution in [0.2, 0.25) is 0 Å². The van der Waals surface area contributed by atoms with E-state index in [1.165, 1.54) is 0 Å². The van der Waals surface area contributed by atoms with Gasteiger partial charge >= 0.3 is 0 Å². The van der Waals surface area contributed by atoms with E-state index < -0.39 is 15.1 Å². The van der Waals surface area contributed by atoms with Crippen molar-refractivity contribution in [2.45, 2.75) is 18.6 Å². The van der Waals surface area contributed by atoms with Crippen molar-refractivity contribution in [1.82, 2.24) is 0 Å². The molecule has 1 unspecified atom stereocenters. The van der Waals surface area contributed by atoms with Gasteiger partial charge in [-0.05, 0) is 12.5 Å². The maximum absolute atomic E-state index is 11.7. The second kappa shape index (κ2) is 4.94. The third-order valence-electron chi connectivity index (χ3n) is 2.31. The van der Waals surface area contributed by atoms with E-state index in [1.54, 1.807) is 19.1 Å². The summed E-state index contributed by atoms with van der Waals surface area (Å²) in [4.78, 5) is 0. The molecule has 4 heteroatoms. The number of nitriles is 1. The van der Waals surface area contributed by atoms with Crippen LogP contribution in [0.5, 0.6) is 0 Å². The summed E-state index contributed by atoms with van der Waals surface area (Å²) in [5, 5.41) is 7.83. The zero-order valence-electron chi connectivity index (χ0n) is 8.55. The highest BCUT2D eigenvalue weighted by atomic mass is 32.2. The van der Waals surface area contributed by atoms with Crippen LogP contribution in [0, 0.1) is 11.3 Å². The van der Waals surface area contributed by atoms with Crippen LogP contribution >= 0.6 is 0 Å². The summed E-state index contributed by atoms with van der Waals surface area (Å²) in [7, 11) is -3.20. The standard InChI is InChI=1S/C11H13NO2S/c1-10(11-6-3-2-4-7-11)15(13,14)9-5-8-12/h2-4,6-7,10H,5,9H2,1H3. The summed E-state index contributed by atoms with van der Waals surface area (Å²) < 4.78 is 23.5. The van der Waals surface area contributed by atoms with Crippen molar-refractivity contribution >= 4 is 9.84 Å². The Hall–Kier alpha value is -1.34. The van der Waals surface area contributed by atoms with Gasteiger partial charge in [0.25, 0.3) is 0 Å². The summed E-state index contributed by atoms with van der Waals surface area (Å²) in [6.45, 7) is 1.65. The molecular formula is C11H13NO2S. The van der Waals surface area contributed by atoms with Gasteiger partial charge in [-0.1, -0.05) is 30.3 Å². The quantitative estimate of drug-likeness (QED) is 0.785. The molecule has 0 saturated carbocycles. The molecule has 3 nitrogen and oxygen atoms in total. The van der Waals surface area contributed by atoms with E-state index in [4.69, 9.17) is 5.26 Å². The van der Waals surface area contributed by atoms with E-state index >= 15 is 0 Å². The van der Waals surface area contributed by atoms with Crippen LogP contribution in [0.3, 0.4) is 0 Å². The third kappa shape index (κ3) is 3.07. The Bertz CT molecular complexity index is 445. The normalized spacial score (nSPS) is 13.1. The fourth-order valence-electron chi connectivity index (χ4n) is 1.30. The first kappa shape index (κ1) is 11.7. The Kier molecular flexibility index (Phi) is 3.87. The summed E-state index contributed by atoms with van der Waals surface area (Å²) in [6, 6.07) is 10.9. The van der Waals surface area contributed by atoms with Crippen molar-refractivity contribution in [1.29, 1.82) is 5.26 Å². The highest BCUT2D eigenvalue weighted by molar-refractivity contribution is 7.91. The predicted octanol–water partition coefficient (Wildman–Crippen LogP) is 2.08. The number of nitrogens with zero attached hydrogens (tertiary/aromatic N) is 1. The second-order valence-corrected chi connectivity index (χ2v) is 5.77. The topological polar surface area (TPSA) is 57.9 Å². The molecule has 0 saturated heterocycles. The zero-order valence-corrected chi connectivity index (χ0v) is 9.37. The van der Waals surface area contributed by atoms with Crippen LogP contribution in [0.15, 0.2) is 30.3 Å². The van der Waals surface area contributed by atoms with Gasteiger partial charge in [-0.2, -0.15) is 5.26 Å². The average molecular weight is 223 g/mol. The zero-order chi connectivity index (χ0) is 11.3. The highest BCUT2D eigenvalue weighted by Gasteiger charge is 2.21. The van der Waals surface area contributed by atoms with Gasteiger partial charge in [0.15, 0.2) is 9.84 Å². The van der Waals surface area contributed by atoms with E-state index in [9.17, 15) is 8.42 Å². The van der Waals surface area contributed by atoms with E-state index in [2.05, 4.69) is 0 Å². The van der Waals surface area contributed by atoms with Crippen molar-refractivity contribution in [3.8, 4) is 6.07 Å². The van der Waals surface area contributed by atoms with Crippen molar-refractivity contribution in [3.63, 3.8) is 0 Å². The maximum atomic E-state index is 11.7. The minimum Gasteiger partial charge on any atom is -0.228 e. The summed E-state index contributed by atoms with van der Waals surface area (Å²) in [5.74, 6) is -0.0699. The van der Waals surface area contributed by atoms with Gasteiger partial charge in [-0.25, -0.2) is 8.42 Å². The number of rotatable bonds is 4. The molecule has 80 valence electrons. The van der Waals surface area contributed by atoms with E-state index in [0.29, 0.717) is 0 Å². The molecule has 0 fully saturated rings. The lowest BCUT2D eigenvalue weighted by Gasteiger charge is -2.11. The molecule has 0 amide bonds. The first-order valence-corrected chi connectivity index (χ1v) is 6.43. The van der Waals surface area contributed by atoms with Crippen LogP contribution in [0.1, 0.15) is 24.2 Å². The molecule has 1 aromatic carbocycles. The Morgan fingerprint density at radius 3 is 2.47 bits per heavy atom. The molecule has 0 heterocycles. The molecular weight excluding hydrogens is 210 g/mol. The fourth-order valence-corrected chi connectivity index (χ4v) is 2.60. The molecule has 0 aromatic heterocycles. The first-order valence-electron chi connectivity index (χ1n) is 4.71. The summed E-state index contributed by atoms with van der Waals surface area (Å²) in [5.41, 5.74) is 0.774. The first-order chi connectivity index (χ1) is 7.08. The molecule has 15 heavy (non-hydrogen) atoms. The van der Waals surface area contributed by atoms with Crippen LogP contribution in [-0.4, -0.2) is 14.2 Å². The summed E-state index contributed by atoms with van der Waals surface area (Å²) >= 11 is 0. The van der Waals surface area contributed by atoms with Crippen LogP contribution < -0.4 is 0 Å². The number of hydrogen-bond acceptors (Lipinski definition) is 3. The smallest absolute Gasteiger partial charge is 0.158 e. The van der Waals surface area contributed by atoms with Gasteiger partial charge in [-0.3, -0.25) is 0 Å². The molecule has 0 aliphatic heterocycles. The molecule has 0 radical (unpaired) electrons. The Labute approximate surface area is 90.3 Å². The van der Waals surface area contributed by atoms with Crippen molar-refractivity contribution in [3.05, 3.63) is 35.9 Å². The Morgan fingerprint density at radius 2 is 1.93 bits per heavy atom. The molecule has 0 bridgehead atoms. The number of hydrogen-bond donors (Lipinski definition) is 0. The minimum atomic E-state index is -3.20. The Morgan fingerprint density at radius 1 is 1.33 bits per heavy atom. The fraction of sp³-hybridized carbons (Fsp3) is 0.364. The van der Waals surface area contributed by atoms with Gasteiger partial charge in [-0.15, -0.1) is 0 Å². The van der Waals surface area contributed by atoms with E-state index in [1.807, 2.05) is 24.3 Å². The molecule has 0 aliphatic carbocycles. The molecule has 1 atom stereocenters. The lowest BCUT2D eigenvalue weighted by Crippen LogP contribution is -2.13. The van der Waals surface area contributed by atoms with E-state index in [-0.39, 0.29) is 12.2 Å². The monoisotopic (exact) mass is 223 g/mol. The third-order valence-corrected chi connectivity index (χ3v) is 4.43. The van der Waals surface area contributed by atoms with Crippen LogP contribution in [-0.2, 0) is 9.84 Å². The maximum Gasteiger partial charge on any atom is 0.158 e. The molecule has 0 aliphatic rings. The van der Waals surface area contributed by atoms with E-state index in [0.717, 1.165) is 5.56 Å². The van der Waals surface area contributed by atoms with Crippen molar-refractivity contribution in [2.24, 2.45) is 0 Å². The molecule has 0 spiro atoms. The van der Waals surface area contributed by atoms with Gasteiger partial charge in [0, 0.05) is 6.42 Å². The summed E-state index contributed by atoms with van der Waals surface area (Å²) in [6.07, 6.45) is 0.0551. The second-order valence-electron chi connectivity index (χ2n) is 3.33. The highest BCUT2D eigenvalue weighted by Crippen LogP contribution is 2.22. The van der Waals surface area contributed by atoms with Gasteiger partial charge in [0.1, 0.15) is 0 Å². The van der Waals surface area contributed by atoms with Gasteiger partial charge < -0.3 is 0 Å². The average Bonchev–Trinajstić information content (AvgIpc) is 2.26. The Balaban J connectivity index is 2.86. The lowest BCUT2D eigenvalue weighted by molar-refractivity contribution is 0.586. The number of benzene rings is 1. The minimum absolute atomic E-state index is 0.0551. The van der Waals surface area contributed by atoms with Crippen LogP contribution in [0.25, 0.3) is 0 Å². The van der Waals surface area contributed by atoms with Gasteiger partial charge in [0.05, 0.1) is 17.1 Å². The number of sulfone groups is 1. The largest absolute Gasteiger partial charge is 0.228 e. The predicted molar refractivity (Wildman–Crippen MR) is 58.9 cm³/mol. The molecule has 1 aromatic rings. The SMILES string of the molecule is CC(c1ccccc1)S(=O)(=O)CCC#N. The van der Waals surface area contributed by atoms with Crippen LogP contribution in [0.4, 0.5) is 0 Å².